The lowest BCUT2D eigenvalue weighted by molar-refractivity contribution is 0.582. The molecular weight excluding hydrogens is 927 g/mol. The lowest BCUT2D eigenvalue weighted by Crippen LogP contribution is -2.26. The second-order valence-electron chi connectivity index (χ2n) is 18.2. The zero-order chi connectivity index (χ0) is 48.7. The SMILES string of the molecule is O=P1(c2ccccc2)N(c2ccccc2)c2ccc(-c3cc(-c4cccc(-c5ccccc5)c4)cc(-c4ccc5c(c4)N(c4ccccc4)P(c4ccccc4)N5c4ccccc4)c3)cc2N1c1ccccc1. The van der Waals surface area contributed by atoms with Crippen molar-refractivity contribution in [3.8, 4) is 44.5 Å². The summed E-state index contributed by atoms with van der Waals surface area (Å²) in [4.78, 5) is 0. The third-order valence-corrected chi connectivity index (χ3v) is 19.1. The fraction of sp³-hybridized carbons (Fsp3) is 0. The Balaban J connectivity index is 1.02. The Labute approximate surface area is 428 Å². The second kappa shape index (κ2) is 18.8. The van der Waals surface area contributed by atoms with Gasteiger partial charge in [0.1, 0.15) is 8.22 Å². The minimum absolute atomic E-state index is 0.756. The minimum atomic E-state index is -3.56. The van der Waals surface area contributed by atoms with Crippen molar-refractivity contribution in [1.82, 2.24) is 0 Å². The molecule has 5 nitrogen and oxygen atoms in total. The molecule has 2 atom stereocenters. The van der Waals surface area contributed by atoms with Crippen molar-refractivity contribution in [2.75, 3.05) is 18.7 Å². The number of fused-ring (bicyclic) bond motifs is 2. The number of rotatable bonds is 10. The van der Waals surface area contributed by atoms with Crippen molar-refractivity contribution in [3.05, 3.63) is 291 Å². The lowest BCUT2D eigenvalue weighted by atomic mass is 9.91. The summed E-state index contributed by atoms with van der Waals surface area (Å²) in [6, 6.07) is 103. The summed E-state index contributed by atoms with van der Waals surface area (Å²) < 4.78 is 25.7. The fourth-order valence-electron chi connectivity index (χ4n) is 10.4. The van der Waals surface area contributed by atoms with E-state index < -0.39 is 15.7 Å². The maximum Gasteiger partial charge on any atom is 0.301 e. The Morgan fingerprint density at radius 1 is 0.260 bits per heavy atom. The van der Waals surface area contributed by atoms with Crippen LogP contribution in [0.3, 0.4) is 0 Å². The van der Waals surface area contributed by atoms with E-state index >= 15 is 4.57 Å². The van der Waals surface area contributed by atoms with Crippen LogP contribution in [0.2, 0.25) is 0 Å². The Hall–Kier alpha value is -8.72. The second-order valence-corrected chi connectivity index (χ2v) is 22.5. The summed E-state index contributed by atoms with van der Waals surface area (Å²) in [5.74, 6) is 0. The van der Waals surface area contributed by atoms with Crippen molar-refractivity contribution in [2.24, 2.45) is 0 Å². The van der Waals surface area contributed by atoms with Gasteiger partial charge < -0.3 is 0 Å². The maximum absolute atomic E-state index is 16.5. The molecule has 0 saturated heterocycles. The third kappa shape index (κ3) is 7.91. The van der Waals surface area contributed by atoms with Crippen LogP contribution in [0.1, 0.15) is 0 Å². The van der Waals surface area contributed by atoms with Crippen LogP contribution in [0.25, 0.3) is 44.5 Å². The van der Waals surface area contributed by atoms with Crippen LogP contribution in [-0.4, -0.2) is 0 Å². The van der Waals surface area contributed by atoms with Gasteiger partial charge in [0.2, 0.25) is 0 Å². The summed E-state index contributed by atoms with van der Waals surface area (Å²) in [6.45, 7) is 0. The number of para-hydroxylation sites is 4. The van der Waals surface area contributed by atoms with Crippen LogP contribution in [0.15, 0.2) is 291 Å². The molecule has 0 fully saturated rings. The molecule has 11 aromatic rings. The summed E-state index contributed by atoms with van der Waals surface area (Å²) in [7, 11) is -4.64. The van der Waals surface area contributed by atoms with Crippen LogP contribution in [0, 0.1) is 0 Å². The Morgan fingerprint density at radius 2 is 0.616 bits per heavy atom. The number of nitrogens with zero attached hydrogens (tertiary/aromatic N) is 4. The Morgan fingerprint density at radius 3 is 1.14 bits per heavy atom. The van der Waals surface area contributed by atoms with E-state index in [1.807, 2.05) is 66.7 Å². The lowest BCUT2D eigenvalue weighted by Gasteiger charge is -2.33. The zero-order valence-electron chi connectivity index (χ0n) is 39.8. The maximum atomic E-state index is 16.5. The Kier molecular flexibility index (Phi) is 11.4. The standard InChI is InChI=1S/C66H48N4OP2/c71-73(62-37-20-7-21-38-62)69(59-31-14-4-15-32-59)64-42-40-53(48-66(64)70(73)60-33-16-5-17-34-60)56-45-54(51-26-22-25-50(43-51)49-23-8-1-9-24-49)44-55(46-56)52-39-41-63-65(47-52)68(58-29-12-3-13-30-58)72(61-35-18-6-19-36-61)67(63)57-27-10-2-11-28-57/h1-48H. The molecule has 0 bridgehead atoms. The van der Waals surface area contributed by atoms with E-state index in [-0.39, 0.29) is 0 Å². The van der Waals surface area contributed by atoms with Crippen molar-refractivity contribution in [2.45, 2.75) is 0 Å². The van der Waals surface area contributed by atoms with Crippen molar-refractivity contribution < 1.29 is 4.57 Å². The van der Waals surface area contributed by atoms with E-state index in [2.05, 4.69) is 243 Å². The summed E-state index contributed by atoms with van der Waals surface area (Å²) in [5, 5.41) is 2.01. The highest BCUT2D eigenvalue weighted by Gasteiger charge is 2.49. The molecule has 2 aliphatic heterocycles. The van der Waals surface area contributed by atoms with Crippen molar-refractivity contribution in [1.29, 1.82) is 0 Å². The average molecular weight is 975 g/mol. The molecule has 0 spiro atoms. The topological polar surface area (TPSA) is 30.0 Å². The molecule has 0 N–H and O–H groups in total. The van der Waals surface area contributed by atoms with E-state index in [1.165, 1.54) is 10.9 Å². The van der Waals surface area contributed by atoms with Gasteiger partial charge in [0.25, 0.3) is 0 Å². The minimum Gasteiger partial charge on any atom is -0.297 e. The molecule has 348 valence electrons. The quantitative estimate of drug-likeness (QED) is 0.127. The molecular formula is C66H48N4OP2. The normalized spacial score (nSPS) is 15.8. The van der Waals surface area contributed by atoms with E-state index in [1.54, 1.807) is 0 Å². The van der Waals surface area contributed by atoms with Crippen LogP contribution in [-0.2, 0) is 4.57 Å². The first-order valence-corrected chi connectivity index (χ1v) is 27.5. The van der Waals surface area contributed by atoms with Crippen LogP contribution in [0.5, 0.6) is 0 Å². The molecule has 2 aliphatic rings. The predicted molar refractivity (Wildman–Crippen MR) is 309 cm³/mol. The number of hydrogen-bond acceptors (Lipinski definition) is 3. The van der Waals surface area contributed by atoms with E-state index in [9.17, 15) is 0 Å². The third-order valence-electron chi connectivity index (χ3n) is 13.8. The molecule has 0 radical (unpaired) electrons. The predicted octanol–water partition coefficient (Wildman–Crippen LogP) is 18.1. The molecule has 73 heavy (non-hydrogen) atoms. The summed E-state index contributed by atoms with van der Waals surface area (Å²) >= 11 is 0. The van der Waals surface area contributed by atoms with Gasteiger partial charge in [0.15, 0.2) is 0 Å². The van der Waals surface area contributed by atoms with Gasteiger partial charge in [-0.15, -0.1) is 0 Å². The van der Waals surface area contributed by atoms with Crippen molar-refractivity contribution >= 4 is 71.8 Å². The highest BCUT2D eigenvalue weighted by atomic mass is 31.2. The van der Waals surface area contributed by atoms with Gasteiger partial charge in [0, 0.05) is 28.1 Å². The summed E-state index contributed by atoms with van der Waals surface area (Å²) in [5.41, 5.74) is 16.9. The van der Waals surface area contributed by atoms with E-state index in [4.69, 9.17) is 0 Å². The molecule has 0 aliphatic carbocycles. The van der Waals surface area contributed by atoms with Gasteiger partial charge in [-0.05, 0) is 154 Å². The van der Waals surface area contributed by atoms with Crippen LogP contribution >= 0.6 is 15.7 Å². The first kappa shape index (κ1) is 44.2. The van der Waals surface area contributed by atoms with Gasteiger partial charge in [-0.3, -0.25) is 23.2 Å². The molecule has 0 amide bonds. The monoisotopic (exact) mass is 974 g/mol. The van der Waals surface area contributed by atoms with Crippen LogP contribution < -0.4 is 29.3 Å². The van der Waals surface area contributed by atoms with E-state index in [0.29, 0.717) is 0 Å². The molecule has 11 aromatic carbocycles. The molecule has 0 aromatic heterocycles. The van der Waals surface area contributed by atoms with Gasteiger partial charge in [-0.2, -0.15) is 0 Å². The zero-order valence-corrected chi connectivity index (χ0v) is 41.6. The molecule has 13 rings (SSSR count). The number of benzene rings is 11. The largest absolute Gasteiger partial charge is 0.301 e. The molecule has 2 heterocycles. The van der Waals surface area contributed by atoms with Crippen molar-refractivity contribution in [3.63, 3.8) is 0 Å². The average Bonchev–Trinajstić information content (AvgIpc) is 3.96. The first-order valence-electron chi connectivity index (χ1n) is 24.6. The highest BCUT2D eigenvalue weighted by molar-refractivity contribution is 7.76. The van der Waals surface area contributed by atoms with Gasteiger partial charge in [-0.25, -0.2) is 0 Å². The smallest absolute Gasteiger partial charge is 0.297 e. The van der Waals surface area contributed by atoms with Gasteiger partial charge >= 0.3 is 7.44 Å². The molecule has 0 saturated carbocycles. The first-order chi connectivity index (χ1) is 36.1. The van der Waals surface area contributed by atoms with Crippen LogP contribution in [0.4, 0.5) is 45.5 Å². The highest BCUT2D eigenvalue weighted by Crippen LogP contribution is 2.70. The van der Waals surface area contributed by atoms with Gasteiger partial charge in [-0.1, -0.05) is 182 Å². The van der Waals surface area contributed by atoms with E-state index in [0.717, 1.165) is 89.7 Å². The molecule has 2 unspecified atom stereocenters. The molecule has 7 heteroatoms. The number of anilines is 8. The summed E-state index contributed by atoms with van der Waals surface area (Å²) in [6.07, 6.45) is 0. The Bertz CT molecular complexity index is 3790. The number of hydrogen-bond donors (Lipinski definition) is 0. The fourth-order valence-corrected chi connectivity index (χ4v) is 16.0. The van der Waals surface area contributed by atoms with Gasteiger partial charge in [0.05, 0.1) is 28.1 Å².